The van der Waals surface area contributed by atoms with E-state index < -0.39 is 0 Å². The number of nitrogens with zero attached hydrogens (tertiary/aromatic N) is 1. The molecule has 0 aliphatic carbocycles. The molecular weight excluding hydrogens is 202 g/mol. The van der Waals surface area contributed by atoms with E-state index in [0.29, 0.717) is 0 Å². The van der Waals surface area contributed by atoms with Gasteiger partial charge < -0.3 is 9.32 Å². The third-order valence-corrected chi connectivity index (χ3v) is 2.76. The number of carbonyl (C=O) groups excluding carboxylic acids is 1. The van der Waals surface area contributed by atoms with E-state index >= 15 is 0 Å². The zero-order valence-electron chi connectivity index (χ0n) is 9.61. The molecule has 1 aromatic rings. The summed E-state index contributed by atoms with van der Waals surface area (Å²) in [5.41, 5.74) is 0. The van der Waals surface area contributed by atoms with E-state index in [1.54, 1.807) is 6.08 Å². The molecule has 3 heteroatoms. The molecule has 0 saturated carbocycles. The predicted molar refractivity (Wildman–Crippen MR) is 64.5 cm³/mol. The summed E-state index contributed by atoms with van der Waals surface area (Å²) >= 11 is 0. The van der Waals surface area contributed by atoms with Crippen LogP contribution in [0.5, 0.6) is 0 Å². The minimum Gasteiger partial charge on any atom is -0.441 e. The average Bonchev–Trinajstić information content (AvgIpc) is 2.76. The molecule has 1 fully saturated rings. The number of rotatable bonds is 3. The summed E-state index contributed by atoms with van der Waals surface area (Å²) in [7, 11) is 0. The lowest BCUT2D eigenvalue weighted by Gasteiger charge is -2.25. The number of anilines is 1. The molecular formula is C13H17NO2. The second-order valence-electron chi connectivity index (χ2n) is 4.17. The normalized spacial score (nSPS) is 16.9. The number of furan rings is 1. The number of hydrogen-bond donors (Lipinski definition) is 0. The van der Waals surface area contributed by atoms with Gasteiger partial charge in [-0.3, -0.25) is 4.79 Å². The molecule has 1 aromatic heterocycles. The fraction of sp³-hybridized carbons (Fsp3) is 0.462. The van der Waals surface area contributed by atoms with Crippen molar-refractivity contribution in [1.82, 2.24) is 0 Å². The van der Waals surface area contributed by atoms with Crippen LogP contribution in [0.2, 0.25) is 0 Å². The monoisotopic (exact) mass is 219 g/mol. The van der Waals surface area contributed by atoms with E-state index in [1.807, 2.05) is 12.1 Å². The molecule has 0 atom stereocenters. The van der Waals surface area contributed by atoms with Crippen LogP contribution in [0.25, 0.3) is 6.08 Å². The third-order valence-electron chi connectivity index (χ3n) is 2.76. The second kappa shape index (κ2) is 5.01. The van der Waals surface area contributed by atoms with Gasteiger partial charge in [-0.25, -0.2) is 0 Å². The molecule has 0 aromatic carbocycles. The second-order valence-corrected chi connectivity index (χ2v) is 4.17. The highest BCUT2D eigenvalue weighted by Gasteiger charge is 2.13. The summed E-state index contributed by atoms with van der Waals surface area (Å²) in [5.74, 6) is 1.70. The van der Waals surface area contributed by atoms with Gasteiger partial charge in [-0.2, -0.15) is 0 Å². The number of hydrogen-bond acceptors (Lipinski definition) is 3. The van der Waals surface area contributed by atoms with Crippen LogP contribution in [-0.2, 0) is 4.79 Å². The third kappa shape index (κ3) is 2.75. The first-order valence-electron chi connectivity index (χ1n) is 5.79. The topological polar surface area (TPSA) is 33.5 Å². The highest BCUT2D eigenvalue weighted by Crippen LogP contribution is 2.22. The number of ketones is 1. The summed E-state index contributed by atoms with van der Waals surface area (Å²) in [4.78, 5) is 13.0. The van der Waals surface area contributed by atoms with E-state index in [2.05, 4.69) is 4.90 Å². The van der Waals surface area contributed by atoms with Gasteiger partial charge in [-0.15, -0.1) is 0 Å². The summed E-state index contributed by atoms with van der Waals surface area (Å²) < 4.78 is 5.66. The molecule has 0 bridgehead atoms. The molecule has 3 nitrogen and oxygen atoms in total. The minimum absolute atomic E-state index is 0.0379. The number of piperidine rings is 1. The fourth-order valence-electron chi connectivity index (χ4n) is 1.92. The molecule has 86 valence electrons. The molecule has 1 aliphatic heterocycles. The van der Waals surface area contributed by atoms with Crippen LogP contribution in [-0.4, -0.2) is 18.9 Å². The molecule has 0 N–H and O–H groups in total. The molecule has 0 spiro atoms. The Hall–Kier alpha value is -1.51. The van der Waals surface area contributed by atoms with Crippen LogP contribution in [0, 0.1) is 0 Å². The van der Waals surface area contributed by atoms with Gasteiger partial charge in [0.05, 0.1) is 0 Å². The molecule has 2 heterocycles. The first-order chi connectivity index (χ1) is 7.75. The lowest BCUT2D eigenvalue weighted by atomic mass is 10.1. The van der Waals surface area contributed by atoms with Gasteiger partial charge in [0.25, 0.3) is 0 Å². The Bertz CT molecular complexity index is 386. The maximum absolute atomic E-state index is 10.8. The van der Waals surface area contributed by atoms with Gasteiger partial charge in [0.2, 0.25) is 0 Å². The van der Waals surface area contributed by atoms with Crippen LogP contribution < -0.4 is 4.90 Å². The number of carbonyl (C=O) groups is 1. The van der Waals surface area contributed by atoms with Crippen molar-refractivity contribution >= 4 is 17.7 Å². The van der Waals surface area contributed by atoms with Crippen molar-refractivity contribution in [3.63, 3.8) is 0 Å². The zero-order chi connectivity index (χ0) is 11.4. The van der Waals surface area contributed by atoms with Crippen molar-refractivity contribution in [1.29, 1.82) is 0 Å². The van der Waals surface area contributed by atoms with Gasteiger partial charge in [0.1, 0.15) is 5.76 Å². The van der Waals surface area contributed by atoms with E-state index in [4.69, 9.17) is 4.42 Å². The molecule has 0 radical (unpaired) electrons. The maximum Gasteiger partial charge on any atom is 0.196 e. The largest absolute Gasteiger partial charge is 0.441 e. The molecule has 1 saturated heterocycles. The lowest BCUT2D eigenvalue weighted by molar-refractivity contribution is -0.112. The van der Waals surface area contributed by atoms with Gasteiger partial charge in [0.15, 0.2) is 11.7 Å². The SMILES string of the molecule is CC(=O)C=Cc1ccc(N2CCCCC2)o1. The van der Waals surface area contributed by atoms with Crippen molar-refractivity contribution in [2.24, 2.45) is 0 Å². The van der Waals surface area contributed by atoms with Crippen molar-refractivity contribution in [2.45, 2.75) is 26.2 Å². The van der Waals surface area contributed by atoms with Crippen LogP contribution in [0.15, 0.2) is 22.6 Å². The smallest absolute Gasteiger partial charge is 0.196 e. The van der Waals surface area contributed by atoms with Crippen LogP contribution in [0.1, 0.15) is 31.9 Å². The predicted octanol–water partition coefficient (Wildman–Crippen LogP) is 2.87. The van der Waals surface area contributed by atoms with Crippen molar-refractivity contribution in [2.75, 3.05) is 18.0 Å². The van der Waals surface area contributed by atoms with Gasteiger partial charge >= 0.3 is 0 Å². The summed E-state index contributed by atoms with van der Waals surface area (Å²) in [6.07, 6.45) is 7.03. The Morgan fingerprint density at radius 3 is 2.75 bits per heavy atom. The first-order valence-corrected chi connectivity index (χ1v) is 5.79. The van der Waals surface area contributed by atoms with Crippen LogP contribution >= 0.6 is 0 Å². The summed E-state index contributed by atoms with van der Waals surface area (Å²) in [5, 5.41) is 0. The van der Waals surface area contributed by atoms with Crippen LogP contribution in [0.4, 0.5) is 5.88 Å². The van der Waals surface area contributed by atoms with Crippen molar-refractivity contribution in [3.8, 4) is 0 Å². The van der Waals surface area contributed by atoms with E-state index in [-0.39, 0.29) is 5.78 Å². The molecule has 1 aliphatic rings. The molecule has 0 amide bonds. The average molecular weight is 219 g/mol. The Kier molecular flexibility index (Phi) is 3.44. The van der Waals surface area contributed by atoms with Crippen molar-refractivity contribution in [3.05, 3.63) is 24.0 Å². The maximum atomic E-state index is 10.8. The fourth-order valence-corrected chi connectivity index (χ4v) is 1.92. The summed E-state index contributed by atoms with van der Waals surface area (Å²) in [6.45, 7) is 3.68. The lowest BCUT2D eigenvalue weighted by Crippen LogP contribution is -2.28. The first kappa shape index (κ1) is 11.0. The highest BCUT2D eigenvalue weighted by molar-refractivity contribution is 5.91. The number of allylic oxidation sites excluding steroid dienone is 1. The quantitative estimate of drug-likeness (QED) is 0.733. The zero-order valence-corrected chi connectivity index (χ0v) is 9.61. The Labute approximate surface area is 95.7 Å². The molecule has 2 rings (SSSR count). The van der Waals surface area contributed by atoms with E-state index in [1.165, 1.54) is 32.3 Å². The molecule has 16 heavy (non-hydrogen) atoms. The van der Waals surface area contributed by atoms with Crippen LogP contribution in [0.3, 0.4) is 0 Å². The molecule has 0 unspecified atom stereocenters. The van der Waals surface area contributed by atoms with E-state index in [9.17, 15) is 4.79 Å². The Morgan fingerprint density at radius 1 is 1.31 bits per heavy atom. The Balaban J connectivity index is 2.03. The summed E-state index contributed by atoms with van der Waals surface area (Å²) in [6, 6.07) is 3.88. The van der Waals surface area contributed by atoms with Gasteiger partial charge in [-0.05, 0) is 44.4 Å². The van der Waals surface area contributed by atoms with Gasteiger partial charge in [-0.1, -0.05) is 0 Å². The van der Waals surface area contributed by atoms with Crippen molar-refractivity contribution < 1.29 is 9.21 Å². The highest BCUT2D eigenvalue weighted by atomic mass is 16.4. The van der Waals surface area contributed by atoms with Gasteiger partial charge in [0, 0.05) is 19.2 Å². The Morgan fingerprint density at radius 2 is 2.06 bits per heavy atom. The standard InChI is InChI=1S/C13H17NO2/c1-11(15)5-6-12-7-8-13(16-12)14-9-3-2-4-10-14/h5-8H,2-4,9-10H2,1H3. The minimum atomic E-state index is 0.0379. The van der Waals surface area contributed by atoms with E-state index in [0.717, 1.165) is 24.7 Å².